The van der Waals surface area contributed by atoms with Crippen molar-refractivity contribution in [1.29, 1.82) is 0 Å². The second kappa shape index (κ2) is 5.00. The molecule has 1 aliphatic rings. The summed E-state index contributed by atoms with van der Waals surface area (Å²) < 4.78 is 5.06. The number of nitrogens with one attached hydrogen (secondary N) is 1. The molecule has 1 aromatic heterocycles. The Bertz CT molecular complexity index is 490. The zero-order chi connectivity index (χ0) is 14.0. The highest BCUT2D eigenvalue weighted by Crippen LogP contribution is 2.30. The molecule has 0 spiro atoms. The van der Waals surface area contributed by atoms with Crippen LogP contribution in [0.25, 0.3) is 0 Å². The molecule has 104 valence electrons. The van der Waals surface area contributed by atoms with Crippen LogP contribution in [-0.2, 0) is 0 Å². The van der Waals surface area contributed by atoms with Crippen LogP contribution in [0.3, 0.4) is 0 Å². The number of nitro groups is 1. The van der Waals surface area contributed by atoms with E-state index in [1.807, 2.05) is 4.90 Å². The number of rotatable bonds is 3. The van der Waals surface area contributed by atoms with Gasteiger partial charge in [0.05, 0.1) is 12.0 Å². The first kappa shape index (κ1) is 13.5. The lowest BCUT2D eigenvalue weighted by Gasteiger charge is -2.39. The molecule has 1 fully saturated rings. The van der Waals surface area contributed by atoms with Gasteiger partial charge in [-0.1, -0.05) is 0 Å². The number of hydrogen-bond acceptors (Lipinski definition) is 6. The average Bonchev–Trinajstić information content (AvgIpc) is 2.36. The number of piperazine rings is 1. The predicted octanol–water partition coefficient (Wildman–Crippen LogP) is 1.19. The number of hydrogen-bond donors (Lipinski definition) is 1. The summed E-state index contributed by atoms with van der Waals surface area (Å²) >= 11 is 0. The van der Waals surface area contributed by atoms with E-state index in [2.05, 4.69) is 24.1 Å². The van der Waals surface area contributed by atoms with Crippen LogP contribution in [0.1, 0.15) is 13.8 Å². The minimum absolute atomic E-state index is 0.0125. The van der Waals surface area contributed by atoms with E-state index >= 15 is 0 Å². The fraction of sp³-hybridized carbons (Fsp3) is 0.583. The van der Waals surface area contributed by atoms with Crippen LogP contribution in [0.5, 0.6) is 5.88 Å². The van der Waals surface area contributed by atoms with Crippen LogP contribution in [0.15, 0.2) is 12.1 Å². The highest BCUT2D eigenvalue weighted by atomic mass is 16.6. The van der Waals surface area contributed by atoms with Crippen LogP contribution in [0.4, 0.5) is 11.5 Å². The van der Waals surface area contributed by atoms with E-state index < -0.39 is 4.92 Å². The molecule has 7 heteroatoms. The van der Waals surface area contributed by atoms with Gasteiger partial charge in [0.15, 0.2) is 0 Å². The van der Waals surface area contributed by atoms with Crippen LogP contribution in [0, 0.1) is 10.1 Å². The topological polar surface area (TPSA) is 80.5 Å². The highest BCUT2D eigenvalue weighted by molar-refractivity contribution is 5.59. The number of anilines is 1. The quantitative estimate of drug-likeness (QED) is 0.653. The molecule has 0 saturated carbocycles. The summed E-state index contributed by atoms with van der Waals surface area (Å²) in [4.78, 5) is 16.9. The van der Waals surface area contributed by atoms with Crippen LogP contribution in [-0.4, -0.2) is 42.2 Å². The van der Waals surface area contributed by atoms with Crippen molar-refractivity contribution in [2.75, 3.05) is 31.6 Å². The van der Waals surface area contributed by atoms with Crippen molar-refractivity contribution in [3.63, 3.8) is 0 Å². The van der Waals surface area contributed by atoms with Crippen LogP contribution >= 0.6 is 0 Å². The molecule has 0 atom stereocenters. The Labute approximate surface area is 111 Å². The van der Waals surface area contributed by atoms with Gasteiger partial charge in [-0.2, -0.15) is 4.98 Å². The van der Waals surface area contributed by atoms with Gasteiger partial charge in [-0.25, -0.2) is 0 Å². The van der Waals surface area contributed by atoms with Crippen molar-refractivity contribution < 1.29 is 9.66 Å². The Morgan fingerprint density at radius 3 is 2.84 bits per heavy atom. The zero-order valence-corrected chi connectivity index (χ0v) is 11.3. The summed E-state index contributed by atoms with van der Waals surface area (Å²) in [5, 5.41) is 14.5. The first-order chi connectivity index (χ1) is 8.93. The van der Waals surface area contributed by atoms with Crippen molar-refractivity contribution in [3.8, 4) is 5.88 Å². The van der Waals surface area contributed by atoms with Gasteiger partial charge in [0, 0.05) is 37.3 Å². The number of methoxy groups -OCH3 is 1. The Kier molecular flexibility index (Phi) is 3.57. The van der Waals surface area contributed by atoms with Gasteiger partial charge < -0.3 is 15.0 Å². The summed E-state index contributed by atoms with van der Waals surface area (Å²) in [7, 11) is 1.50. The average molecular weight is 266 g/mol. The third-order valence-electron chi connectivity index (χ3n) is 3.11. The maximum Gasteiger partial charge on any atom is 0.311 e. The first-order valence-corrected chi connectivity index (χ1v) is 6.12. The summed E-state index contributed by atoms with van der Waals surface area (Å²) in [6.07, 6.45) is 0. The SMILES string of the molecule is COc1ccc([N+](=O)[O-])c(N2CCNC(C)(C)C2)n1. The fourth-order valence-electron chi connectivity index (χ4n) is 2.23. The molecule has 0 unspecified atom stereocenters. The molecule has 0 aliphatic carbocycles. The van der Waals surface area contributed by atoms with Gasteiger partial charge >= 0.3 is 5.69 Å². The minimum Gasteiger partial charge on any atom is -0.481 e. The van der Waals surface area contributed by atoms with E-state index in [4.69, 9.17) is 4.74 Å². The normalized spacial score (nSPS) is 18.2. The van der Waals surface area contributed by atoms with Gasteiger partial charge in [-0.15, -0.1) is 0 Å². The van der Waals surface area contributed by atoms with Crippen molar-refractivity contribution in [1.82, 2.24) is 10.3 Å². The number of ether oxygens (including phenoxy) is 1. The number of nitrogens with zero attached hydrogens (tertiary/aromatic N) is 3. The third kappa shape index (κ3) is 2.93. The van der Waals surface area contributed by atoms with Crippen LogP contribution < -0.4 is 15.0 Å². The Morgan fingerprint density at radius 2 is 2.26 bits per heavy atom. The molecule has 1 saturated heterocycles. The Hall–Kier alpha value is -1.89. The van der Waals surface area contributed by atoms with Gasteiger partial charge in [0.2, 0.25) is 11.7 Å². The molecule has 0 radical (unpaired) electrons. The van der Waals surface area contributed by atoms with Crippen molar-refractivity contribution in [2.45, 2.75) is 19.4 Å². The monoisotopic (exact) mass is 266 g/mol. The van der Waals surface area contributed by atoms with E-state index in [1.54, 1.807) is 0 Å². The second-order valence-corrected chi connectivity index (χ2v) is 5.19. The molecule has 0 bridgehead atoms. The van der Waals surface area contributed by atoms with Gasteiger partial charge in [0.25, 0.3) is 0 Å². The second-order valence-electron chi connectivity index (χ2n) is 5.19. The molecule has 1 aromatic rings. The highest BCUT2D eigenvalue weighted by Gasteiger charge is 2.30. The summed E-state index contributed by atoms with van der Waals surface area (Å²) in [6.45, 7) is 6.23. The molecule has 1 aliphatic heterocycles. The number of aromatic nitrogens is 1. The van der Waals surface area contributed by atoms with E-state index in [1.165, 1.54) is 19.2 Å². The summed E-state index contributed by atoms with van der Waals surface area (Å²) in [5.74, 6) is 0.760. The van der Waals surface area contributed by atoms with Gasteiger partial charge in [0.1, 0.15) is 0 Å². The van der Waals surface area contributed by atoms with E-state index in [0.717, 1.165) is 6.54 Å². The first-order valence-electron chi connectivity index (χ1n) is 6.12. The summed E-state index contributed by atoms with van der Waals surface area (Å²) in [6, 6.07) is 2.95. The van der Waals surface area contributed by atoms with Crippen LogP contribution in [0.2, 0.25) is 0 Å². The molecule has 7 nitrogen and oxygen atoms in total. The lowest BCUT2D eigenvalue weighted by Crippen LogP contribution is -2.57. The molecule has 0 amide bonds. The molecular weight excluding hydrogens is 248 g/mol. The standard InChI is InChI=1S/C12H18N4O3/c1-12(2)8-15(7-6-13-12)11-9(16(17)18)4-5-10(14-11)19-3/h4-5,13H,6-8H2,1-3H3. The fourth-order valence-corrected chi connectivity index (χ4v) is 2.23. The smallest absolute Gasteiger partial charge is 0.311 e. The molecule has 2 rings (SSSR count). The molecule has 1 N–H and O–H groups in total. The van der Waals surface area contributed by atoms with E-state index in [-0.39, 0.29) is 11.2 Å². The maximum atomic E-state index is 11.1. The zero-order valence-electron chi connectivity index (χ0n) is 11.3. The molecule has 0 aromatic carbocycles. The predicted molar refractivity (Wildman–Crippen MR) is 71.7 cm³/mol. The largest absolute Gasteiger partial charge is 0.481 e. The third-order valence-corrected chi connectivity index (χ3v) is 3.11. The lowest BCUT2D eigenvalue weighted by atomic mass is 10.0. The maximum absolute atomic E-state index is 11.1. The molecule has 2 heterocycles. The van der Waals surface area contributed by atoms with Gasteiger partial charge in [-0.3, -0.25) is 10.1 Å². The van der Waals surface area contributed by atoms with Gasteiger partial charge in [-0.05, 0) is 13.8 Å². The minimum atomic E-state index is -0.406. The summed E-state index contributed by atoms with van der Waals surface area (Å²) in [5.41, 5.74) is -0.0878. The van der Waals surface area contributed by atoms with Crippen molar-refractivity contribution in [3.05, 3.63) is 22.2 Å². The van der Waals surface area contributed by atoms with Crippen molar-refractivity contribution in [2.24, 2.45) is 0 Å². The van der Waals surface area contributed by atoms with E-state index in [9.17, 15) is 10.1 Å². The lowest BCUT2D eigenvalue weighted by molar-refractivity contribution is -0.384. The number of pyridine rings is 1. The molecule has 19 heavy (non-hydrogen) atoms. The van der Waals surface area contributed by atoms with Crippen molar-refractivity contribution >= 4 is 11.5 Å². The Balaban J connectivity index is 2.38. The Morgan fingerprint density at radius 1 is 1.53 bits per heavy atom. The van der Waals surface area contributed by atoms with E-state index in [0.29, 0.717) is 24.8 Å². The molecular formula is C12H18N4O3.